The average Bonchev–Trinajstić information content (AvgIpc) is 3.09. The number of aliphatic hydroxyl groups excluding tert-OH is 1. The largest absolute Gasteiger partial charge is 0.391 e. The van der Waals surface area contributed by atoms with E-state index in [1.807, 2.05) is 35.6 Å². The van der Waals surface area contributed by atoms with E-state index in [2.05, 4.69) is 32.0 Å². The van der Waals surface area contributed by atoms with Crippen molar-refractivity contribution in [1.82, 2.24) is 19.5 Å². The van der Waals surface area contributed by atoms with Gasteiger partial charge in [-0.25, -0.2) is 19.8 Å². The Balaban J connectivity index is 1.59. The highest BCUT2D eigenvalue weighted by atomic mass is 16.3. The lowest BCUT2D eigenvalue weighted by Gasteiger charge is -2.36. The Hall–Kier alpha value is -3.97. The van der Waals surface area contributed by atoms with E-state index >= 15 is 0 Å². The Kier molecular flexibility index (Phi) is 5.75. The first-order chi connectivity index (χ1) is 15.4. The molecular weight excluding hydrogens is 408 g/mol. The Morgan fingerprint density at radius 3 is 2.78 bits per heavy atom. The summed E-state index contributed by atoms with van der Waals surface area (Å²) in [7, 11) is 1.93. The first kappa shape index (κ1) is 21.3. The van der Waals surface area contributed by atoms with Gasteiger partial charge in [0.2, 0.25) is 23.5 Å². The number of aliphatic hydroxyl groups is 1. The molecule has 0 radical (unpaired) electrons. The molecule has 0 bridgehead atoms. The van der Waals surface area contributed by atoms with Crippen LogP contribution in [0.4, 0.5) is 23.3 Å². The first-order valence-corrected chi connectivity index (χ1v) is 10.2. The Bertz CT molecular complexity index is 1210. The molecule has 1 aromatic carbocycles. The summed E-state index contributed by atoms with van der Waals surface area (Å²) >= 11 is 0. The van der Waals surface area contributed by atoms with Gasteiger partial charge in [0.15, 0.2) is 0 Å². The van der Waals surface area contributed by atoms with Crippen molar-refractivity contribution in [3.05, 3.63) is 54.2 Å². The molecule has 10 heteroatoms. The van der Waals surface area contributed by atoms with Gasteiger partial charge in [0.1, 0.15) is 0 Å². The van der Waals surface area contributed by atoms with Gasteiger partial charge in [0, 0.05) is 44.3 Å². The summed E-state index contributed by atoms with van der Waals surface area (Å²) in [5.41, 5.74) is 3.65. The molecule has 32 heavy (non-hydrogen) atoms. The SMILES string of the molecule is [C-]#[N+]c1cnc(N[C@@H]2C[C@@H](O)CN(c3nc4cc(NC(=O)C=C)c(C)cc4n3C)C2)nc1. The second-order valence-electron chi connectivity index (χ2n) is 7.83. The van der Waals surface area contributed by atoms with Gasteiger partial charge in [-0.3, -0.25) is 4.79 Å². The van der Waals surface area contributed by atoms with E-state index in [-0.39, 0.29) is 11.9 Å². The fraction of sp³-hybridized carbons (Fsp3) is 0.318. The molecule has 1 fully saturated rings. The van der Waals surface area contributed by atoms with E-state index < -0.39 is 6.10 Å². The van der Waals surface area contributed by atoms with Crippen molar-refractivity contribution < 1.29 is 9.90 Å². The van der Waals surface area contributed by atoms with Crippen molar-refractivity contribution in [3.8, 4) is 0 Å². The van der Waals surface area contributed by atoms with Gasteiger partial charge in [-0.15, -0.1) is 0 Å². The highest BCUT2D eigenvalue weighted by Gasteiger charge is 2.29. The molecule has 0 unspecified atom stereocenters. The van der Waals surface area contributed by atoms with E-state index in [0.29, 0.717) is 36.8 Å². The van der Waals surface area contributed by atoms with Crippen LogP contribution in [0.15, 0.2) is 37.2 Å². The van der Waals surface area contributed by atoms with Crippen LogP contribution in [0.25, 0.3) is 15.9 Å². The molecule has 2 atom stereocenters. The van der Waals surface area contributed by atoms with E-state index in [1.165, 1.54) is 18.5 Å². The lowest BCUT2D eigenvalue weighted by atomic mass is 10.0. The second-order valence-corrected chi connectivity index (χ2v) is 7.83. The average molecular weight is 432 g/mol. The highest BCUT2D eigenvalue weighted by molar-refractivity contribution is 6.00. The maximum atomic E-state index is 11.7. The summed E-state index contributed by atoms with van der Waals surface area (Å²) in [5, 5.41) is 16.5. The number of nitrogens with zero attached hydrogens (tertiary/aromatic N) is 6. The number of amides is 1. The third-order valence-electron chi connectivity index (χ3n) is 5.46. The fourth-order valence-corrected chi connectivity index (χ4v) is 3.91. The minimum absolute atomic E-state index is 0.0958. The summed E-state index contributed by atoms with van der Waals surface area (Å²) in [6.45, 7) is 13.5. The number of benzene rings is 1. The van der Waals surface area contributed by atoms with E-state index in [4.69, 9.17) is 11.6 Å². The minimum Gasteiger partial charge on any atom is -0.391 e. The van der Waals surface area contributed by atoms with Crippen molar-refractivity contribution in [2.75, 3.05) is 28.6 Å². The minimum atomic E-state index is -0.548. The Morgan fingerprint density at radius 1 is 1.34 bits per heavy atom. The van der Waals surface area contributed by atoms with Crippen LogP contribution >= 0.6 is 0 Å². The summed E-state index contributed by atoms with van der Waals surface area (Å²) in [5.74, 6) is 0.865. The molecule has 3 heterocycles. The van der Waals surface area contributed by atoms with E-state index in [0.717, 1.165) is 22.5 Å². The fourth-order valence-electron chi connectivity index (χ4n) is 3.91. The highest BCUT2D eigenvalue weighted by Crippen LogP contribution is 2.29. The molecule has 4 rings (SSSR count). The van der Waals surface area contributed by atoms with Crippen molar-refractivity contribution in [2.45, 2.75) is 25.5 Å². The number of carbonyl (C=O) groups is 1. The number of anilines is 3. The van der Waals surface area contributed by atoms with Crippen LogP contribution < -0.4 is 15.5 Å². The summed E-state index contributed by atoms with van der Waals surface area (Å²) in [4.78, 5) is 30.2. The van der Waals surface area contributed by atoms with Crippen molar-refractivity contribution >= 4 is 40.2 Å². The molecule has 10 nitrogen and oxygen atoms in total. The normalized spacial score (nSPS) is 18.2. The maximum Gasteiger partial charge on any atom is 0.247 e. The second kappa shape index (κ2) is 8.64. The van der Waals surface area contributed by atoms with Crippen LogP contribution in [0, 0.1) is 13.5 Å². The molecule has 0 aliphatic carbocycles. The van der Waals surface area contributed by atoms with Crippen LogP contribution in [0.3, 0.4) is 0 Å². The molecular formula is C22H24N8O2. The molecule has 164 valence electrons. The van der Waals surface area contributed by atoms with Crippen molar-refractivity contribution in [3.63, 3.8) is 0 Å². The van der Waals surface area contributed by atoms with Gasteiger partial charge in [0.05, 0.1) is 23.7 Å². The predicted octanol–water partition coefficient (Wildman–Crippen LogP) is 2.40. The molecule has 2 aromatic heterocycles. The molecule has 1 aliphatic rings. The number of aromatic nitrogens is 4. The zero-order valence-corrected chi connectivity index (χ0v) is 17.9. The number of carbonyl (C=O) groups excluding carboxylic acids is 1. The third-order valence-corrected chi connectivity index (χ3v) is 5.46. The van der Waals surface area contributed by atoms with Crippen LogP contribution in [0.5, 0.6) is 0 Å². The lowest BCUT2D eigenvalue weighted by Crippen LogP contribution is -2.49. The summed E-state index contributed by atoms with van der Waals surface area (Å²) < 4.78 is 1.98. The maximum absolute atomic E-state index is 11.7. The number of fused-ring (bicyclic) bond motifs is 1. The Morgan fingerprint density at radius 2 is 2.09 bits per heavy atom. The number of nitrogens with one attached hydrogen (secondary N) is 2. The molecule has 3 N–H and O–H groups in total. The number of β-amino-alcohol motifs (C(OH)–C–C–N with tert-alkyl or cyclic N) is 1. The van der Waals surface area contributed by atoms with Gasteiger partial charge in [-0.2, -0.15) is 0 Å². The molecule has 3 aromatic rings. The summed E-state index contributed by atoms with van der Waals surface area (Å²) in [6.07, 6.45) is 4.17. The van der Waals surface area contributed by atoms with Crippen LogP contribution in [-0.2, 0) is 11.8 Å². The topological polar surface area (TPSA) is 113 Å². The first-order valence-electron chi connectivity index (χ1n) is 10.2. The standard InChI is InChI=1S/C22H24N8O2/c1-5-20(32)27-17-8-18-19(6-13(17)2)29(4)22(28-18)30-11-14(7-16(31)12-30)26-21-24-9-15(23-3)10-25-21/h5-6,8-10,14,16,31H,1,7,11-12H2,2,4H3,(H,27,32)(H,24,25,26)/t14-,16-/m1/s1. The number of imidazole rings is 1. The predicted molar refractivity (Wildman–Crippen MR) is 123 cm³/mol. The van der Waals surface area contributed by atoms with Crippen LogP contribution in [0.1, 0.15) is 12.0 Å². The Labute approximate surface area is 185 Å². The zero-order valence-electron chi connectivity index (χ0n) is 17.9. The number of piperidine rings is 1. The van der Waals surface area contributed by atoms with Gasteiger partial charge in [-0.05, 0) is 37.1 Å². The number of aryl methyl sites for hydroxylation is 2. The third kappa shape index (κ3) is 4.24. The lowest BCUT2D eigenvalue weighted by molar-refractivity contribution is -0.111. The van der Waals surface area contributed by atoms with Crippen LogP contribution in [0.2, 0.25) is 0 Å². The molecule has 1 aliphatic heterocycles. The number of rotatable bonds is 5. The quantitative estimate of drug-likeness (QED) is 0.419. The van der Waals surface area contributed by atoms with Gasteiger partial charge in [0.25, 0.3) is 0 Å². The molecule has 0 spiro atoms. The van der Waals surface area contributed by atoms with E-state index in [1.54, 1.807) is 0 Å². The van der Waals surface area contributed by atoms with Crippen LogP contribution in [-0.4, -0.2) is 55.8 Å². The zero-order chi connectivity index (χ0) is 22.8. The van der Waals surface area contributed by atoms with E-state index in [9.17, 15) is 9.90 Å². The van der Waals surface area contributed by atoms with Crippen molar-refractivity contribution in [1.29, 1.82) is 0 Å². The molecule has 1 amide bonds. The smallest absolute Gasteiger partial charge is 0.247 e. The number of hydrogen-bond acceptors (Lipinski definition) is 7. The van der Waals surface area contributed by atoms with Gasteiger partial charge < -0.3 is 25.2 Å². The summed E-state index contributed by atoms with van der Waals surface area (Å²) in [6, 6.07) is 3.73. The molecule has 1 saturated heterocycles. The van der Waals surface area contributed by atoms with Crippen molar-refractivity contribution in [2.24, 2.45) is 7.05 Å². The van der Waals surface area contributed by atoms with Gasteiger partial charge in [-0.1, -0.05) is 6.58 Å². The monoisotopic (exact) mass is 432 g/mol. The van der Waals surface area contributed by atoms with Gasteiger partial charge >= 0.3 is 0 Å². The number of hydrogen-bond donors (Lipinski definition) is 3. The molecule has 0 saturated carbocycles.